The number of amides is 4. The van der Waals surface area contributed by atoms with E-state index in [1.165, 1.54) is 0 Å². The van der Waals surface area contributed by atoms with Crippen LogP contribution < -0.4 is 0 Å². The summed E-state index contributed by atoms with van der Waals surface area (Å²) in [6.07, 6.45) is -5.70. The number of hydrogen-bond acceptors (Lipinski definition) is 4. The molecule has 4 N–H and O–H groups in total. The molecule has 108 valence electrons. The molecule has 0 aromatic carbocycles. The van der Waals surface area contributed by atoms with Crippen LogP contribution in [0.3, 0.4) is 0 Å². The smallest absolute Gasteiger partial charge is 0.416 e. The van der Waals surface area contributed by atoms with Gasteiger partial charge in [-0.3, -0.25) is 0 Å². The monoisotopic (exact) mass is 278 g/mol. The zero-order valence-electron chi connectivity index (χ0n) is 9.85. The van der Waals surface area contributed by atoms with E-state index < -0.39 is 24.4 Å². The molecule has 0 aromatic heterocycles. The van der Waals surface area contributed by atoms with Crippen LogP contribution in [0.4, 0.5) is 19.2 Å². The lowest BCUT2D eigenvalue weighted by Gasteiger charge is -2.14. The van der Waals surface area contributed by atoms with Crippen LogP contribution in [0.2, 0.25) is 0 Å². The number of hydrogen-bond donors (Lipinski definition) is 4. The summed E-state index contributed by atoms with van der Waals surface area (Å²) in [6, 6.07) is 0. The van der Waals surface area contributed by atoms with Gasteiger partial charge in [0, 0.05) is 13.1 Å². The molecule has 0 fully saturated rings. The molecule has 0 rings (SSSR count). The predicted molar refractivity (Wildman–Crippen MR) is 59.4 cm³/mol. The molecule has 0 saturated heterocycles. The second kappa shape index (κ2) is 7.74. The van der Waals surface area contributed by atoms with Gasteiger partial charge < -0.3 is 20.4 Å². The van der Waals surface area contributed by atoms with Gasteiger partial charge in [0.2, 0.25) is 0 Å². The first-order valence-electron chi connectivity index (χ1n) is 5.24. The minimum Gasteiger partial charge on any atom is -0.465 e. The molecular formula is C9H14N2O8. The molecule has 0 bridgehead atoms. The standard InChI is InChI=1S/C9H14N2O8/c12-6(13)10(7(14)15)4-2-1-3-5-11(8(16)17)9(18)19/h1-5H2,(H,12,13)(H,14,15)(H,16,17)(H,18,19). The van der Waals surface area contributed by atoms with Crippen molar-refractivity contribution < 1.29 is 39.6 Å². The summed E-state index contributed by atoms with van der Waals surface area (Å²) < 4.78 is 0. The minimum atomic E-state index is -1.59. The van der Waals surface area contributed by atoms with Crippen LogP contribution in [0.1, 0.15) is 19.3 Å². The zero-order chi connectivity index (χ0) is 15.0. The second-order valence-electron chi connectivity index (χ2n) is 3.49. The van der Waals surface area contributed by atoms with E-state index in [1.54, 1.807) is 0 Å². The molecule has 0 aromatic rings. The van der Waals surface area contributed by atoms with Crippen molar-refractivity contribution in [2.24, 2.45) is 0 Å². The Morgan fingerprint density at radius 3 is 1.05 bits per heavy atom. The Bertz CT molecular complexity index is 307. The maximum Gasteiger partial charge on any atom is 0.416 e. The van der Waals surface area contributed by atoms with Gasteiger partial charge in [-0.1, -0.05) is 0 Å². The molecule has 0 spiro atoms. The lowest BCUT2D eigenvalue weighted by atomic mass is 10.2. The summed E-state index contributed by atoms with van der Waals surface area (Å²) >= 11 is 0. The zero-order valence-corrected chi connectivity index (χ0v) is 9.85. The Morgan fingerprint density at radius 1 is 0.579 bits per heavy atom. The van der Waals surface area contributed by atoms with E-state index in [-0.39, 0.29) is 35.7 Å². The summed E-state index contributed by atoms with van der Waals surface area (Å²) in [7, 11) is 0. The van der Waals surface area contributed by atoms with E-state index in [4.69, 9.17) is 20.4 Å². The fraction of sp³-hybridized carbons (Fsp3) is 0.556. The molecule has 4 amide bonds. The molecule has 19 heavy (non-hydrogen) atoms. The molecule has 0 unspecified atom stereocenters. The van der Waals surface area contributed by atoms with E-state index in [2.05, 4.69) is 0 Å². The SMILES string of the molecule is O=C(O)N(CCCCCN(C(=O)O)C(=O)O)C(=O)O. The number of nitrogens with zero attached hydrogens (tertiary/aromatic N) is 2. The van der Waals surface area contributed by atoms with Gasteiger partial charge in [0.1, 0.15) is 0 Å². The minimum absolute atomic E-state index is 0.186. The Labute approximate surface area is 107 Å². The lowest BCUT2D eigenvalue weighted by Crippen LogP contribution is -2.36. The molecule has 0 aliphatic rings. The highest BCUT2D eigenvalue weighted by Crippen LogP contribution is 2.03. The van der Waals surface area contributed by atoms with Gasteiger partial charge in [-0.05, 0) is 19.3 Å². The normalized spacial score (nSPS) is 9.68. The van der Waals surface area contributed by atoms with E-state index in [0.29, 0.717) is 6.42 Å². The fourth-order valence-corrected chi connectivity index (χ4v) is 1.26. The van der Waals surface area contributed by atoms with Crippen LogP contribution in [0.5, 0.6) is 0 Å². The van der Waals surface area contributed by atoms with E-state index >= 15 is 0 Å². The van der Waals surface area contributed by atoms with Gasteiger partial charge >= 0.3 is 24.4 Å². The van der Waals surface area contributed by atoms with Crippen molar-refractivity contribution in [3.8, 4) is 0 Å². The Balaban J connectivity index is 3.98. The van der Waals surface area contributed by atoms with Crippen LogP contribution in [0.15, 0.2) is 0 Å². The average molecular weight is 278 g/mol. The van der Waals surface area contributed by atoms with Crippen molar-refractivity contribution in [3.05, 3.63) is 0 Å². The summed E-state index contributed by atoms with van der Waals surface area (Å²) in [5.74, 6) is 0. The molecule has 0 radical (unpaired) electrons. The molecule has 10 heteroatoms. The third kappa shape index (κ3) is 6.10. The van der Waals surface area contributed by atoms with Gasteiger partial charge in [-0.2, -0.15) is 0 Å². The maximum absolute atomic E-state index is 10.5. The summed E-state index contributed by atoms with van der Waals surface area (Å²) in [5.41, 5.74) is 0. The molecule has 0 atom stereocenters. The topological polar surface area (TPSA) is 156 Å². The van der Waals surface area contributed by atoms with Gasteiger partial charge in [-0.15, -0.1) is 0 Å². The Hall–Kier alpha value is -2.52. The van der Waals surface area contributed by atoms with E-state index in [0.717, 1.165) is 0 Å². The molecular weight excluding hydrogens is 264 g/mol. The van der Waals surface area contributed by atoms with Gasteiger partial charge in [-0.25, -0.2) is 29.0 Å². The van der Waals surface area contributed by atoms with Crippen LogP contribution >= 0.6 is 0 Å². The van der Waals surface area contributed by atoms with Gasteiger partial charge in [0.25, 0.3) is 0 Å². The van der Waals surface area contributed by atoms with Crippen molar-refractivity contribution in [2.45, 2.75) is 19.3 Å². The quantitative estimate of drug-likeness (QED) is 0.532. The number of carboxylic acid groups (broad SMARTS) is 4. The molecule has 0 aliphatic carbocycles. The summed E-state index contributed by atoms with van der Waals surface area (Å²) in [4.78, 5) is 42.3. The Kier molecular flexibility index (Phi) is 6.71. The van der Waals surface area contributed by atoms with Crippen molar-refractivity contribution in [1.29, 1.82) is 0 Å². The number of imide groups is 2. The maximum atomic E-state index is 10.5. The van der Waals surface area contributed by atoms with Crippen molar-refractivity contribution >= 4 is 24.4 Å². The van der Waals surface area contributed by atoms with E-state index in [1.807, 2.05) is 0 Å². The highest BCUT2D eigenvalue weighted by atomic mass is 16.4. The highest BCUT2D eigenvalue weighted by Gasteiger charge is 2.20. The predicted octanol–water partition coefficient (Wildman–Crippen LogP) is 1.47. The van der Waals surface area contributed by atoms with Gasteiger partial charge in [0.15, 0.2) is 0 Å². The first kappa shape index (κ1) is 16.5. The molecule has 10 nitrogen and oxygen atoms in total. The van der Waals surface area contributed by atoms with Crippen molar-refractivity contribution in [1.82, 2.24) is 9.80 Å². The average Bonchev–Trinajstić information content (AvgIpc) is 2.25. The summed E-state index contributed by atoms with van der Waals surface area (Å²) in [5, 5.41) is 34.1. The first-order valence-corrected chi connectivity index (χ1v) is 5.24. The number of rotatable bonds is 6. The van der Waals surface area contributed by atoms with Crippen LogP contribution in [-0.2, 0) is 0 Å². The van der Waals surface area contributed by atoms with Crippen LogP contribution in [0, 0.1) is 0 Å². The highest BCUT2D eigenvalue weighted by molar-refractivity contribution is 5.85. The third-order valence-electron chi connectivity index (χ3n) is 2.19. The lowest BCUT2D eigenvalue weighted by molar-refractivity contribution is 0.121. The first-order chi connectivity index (χ1) is 8.77. The second-order valence-corrected chi connectivity index (χ2v) is 3.49. The number of unbranched alkanes of at least 4 members (excludes halogenated alkanes) is 2. The summed E-state index contributed by atoms with van der Waals surface area (Å²) in [6.45, 7) is -0.490. The third-order valence-corrected chi connectivity index (χ3v) is 2.19. The van der Waals surface area contributed by atoms with Crippen molar-refractivity contribution in [2.75, 3.05) is 13.1 Å². The van der Waals surface area contributed by atoms with Gasteiger partial charge in [0.05, 0.1) is 0 Å². The number of carbonyl (C=O) groups is 4. The molecule has 0 aliphatic heterocycles. The largest absolute Gasteiger partial charge is 0.465 e. The fourth-order valence-electron chi connectivity index (χ4n) is 1.26. The Morgan fingerprint density at radius 2 is 0.842 bits per heavy atom. The van der Waals surface area contributed by atoms with Crippen LogP contribution in [0.25, 0.3) is 0 Å². The van der Waals surface area contributed by atoms with Crippen LogP contribution in [-0.4, -0.2) is 67.7 Å². The molecule has 0 heterocycles. The van der Waals surface area contributed by atoms with E-state index in [9.17, 15) is 19.2 Å². The molecule has 0 saturated carbocycles. The van der Waals surface area contributed by atoms with Crippen molar-refractivity contribution in [3.63, 3.8) is 0 Å².